The molecule has 1 fully saturated rings. The zero-order valence-electron chi connectivity index (χ0n) is 11.7. The Hall–Kier alpha value is -0.960. The van der Waals surface area contributed by atoms with Gasteiger partial charge in [0.2, 0.25) is 0 Å². The smallest absolute Gasteiger partial charge is 0.279 e. The first-order valence-corrected chi connectivity index (χ1v) is 8.33. The van der Waals surface area contributed by atoms with Crippen molar-refractivity contribution >= 4 is 10.2 Å². The van der Waals surface area contributed by atoms with E-state index in [0.717, 1.165) is 25.0 Å². The second-order valence-electron chi connectivity index (χ2n) is 5.04. The Bertz CT molecular complexity index is 529. The molecule has 114 valence electrons. The molecule has 2 heterocycles. The van der Waals surface area contributed by atoms with Gasteiger partial charge in [-0.1, -0.05) is 6.42 Å². The number of aliphatic hydroxyl groups is 1. The highest BCUT2D eigenvalue weighted by atomic mass is 32.2. The molecule has 1 aromatic rings. The summed E-state index contributed by atoms with van der Waals surface area (Å²) in [5, 5.41) is 13.3. The maximum Gasteiger partial charge on any atom is 0.279 e. The van der Waals surface area contributed by atoms with E-state index >= 15 is 0 Å². The van der Waals surface area contributed by atoms with E-state index in [0.29, 0.717) is 19.5 Å². The van der Waals surface area contributed by atoms with Crippen molar-refractivity contribution in [3.63, 3.8) is 0 Å². The molecular formula is C12H22N4O3S. The van der Waals surface area contributed by atoms with Gasteiger partial charge in [-0.05, 0) is 18.9 Å². The van der Waals surface area contributed by atoms with Gasteiger partial charge in [0.1, 0.15) is 0 Å². The summed E-state index contributed by atoms with van der Waals surface area (Å²) in [4.78, 5) is 0. The number of nitrogens with zero attached hydrogens (tertiary/aromatic N) is 3. The largest absolute Gasteiger partial charge is 0.395 e. The third kappa shape index (κ3) is 3.57. The lowest BCUT2D eigenvalue weighted by molar-refractivity contribution is 0.154. The van der Waals surface area contributed by atoms with E-state index in [4.69, 9.17) is 0 Å². The van der Waals surface area contributed by atoms with Crippen molar-refractivity contribution in [2.24, 2.45) is 7.05 Å². The third-order valence-corrected chi connectivity index (χ3v) is 5.35. The molecular weight excluding hydrogens is 280 g/mol. The first kappa shape index (κ1) is 15.4. The summed E-state index contributed by atoms with van der Waals surface area (Å²) in [6.45, 7) is 0.686. The SMILES string of the molecule is Cn1nccc1CCNS(=O)(=O)N1CCCCC1CO. The zero-order valence-corrected chi connectivity index (χ0v) is 12.5. The highest BCUT2D eigenvalue weighted by Gasteiger charge is 2.31. The van der Waals surface area contributed by atoms with Gasteiger partial charge in [-0.15, -0.1) is 0 Å². The quantitative estimate of drug-likeness (QED) is 0.751. The second kappa shape index (κ2) is 6.66. The summed E-state index contributed by atoms with van der Waals surface area (Å²) in [7, 11) is -1.69. The van der Waals surface area contributed by atoms with E-state index in [1.165, 1.54) is 4.31 Å². The van der Waals surface area contributed by atoms with Gasteiger partial charge in [0, 0.05) is 44.5 Å². The van der Waals surface area contributed by atoms with Gasteiger partial charge in [-0.2, -0.15) is 17.8 Å². The molecule has 1 aromatic heterocycles. The molecule has 0 aliphatic carbocycles. The van der Waals surface area contributed by atoms with E-state index in [-0.39, 0.29) is 12.6 Å². The fourth-order valence-electron chi connectivity index (χ4n) is 2.51. The van der Waals surface area contributed by atoms with Crippen LogP contribution < -0.4 is 4.72 Å². The summed E-state index contributed by atoms with van der Waals surface area (Å²) < 4.78 is 30.2. The van der Waals surface area contributed by atoms with Crippen LogP contribution in [0.5, 0.6) is 0 Å². The van der Waals surface area contributed by atoms with Crippen LogP contribution in [0.3, 0.4) is 0 Å². The predicted molar refractivity (Wildman–Crippen MR) is 75.3 cm³/mol. The van der Waals surface area contributed by atoms with Crippen molar-refractivity contribution in [3.8, 4) is 0 Å². The average Bonchev–Trinajstić information content (AvgIpc) is 2.84. The zero-order chi connectivity index (χ0) is 14.6. The molecule has 0 bridgehead atoms. The van der Waals surface area contributed by atoms with Gasteiger partial charge in [0.15, 0.2) is 0 Å². The summed E-state index contributed by atoms with van der Waals surface area (Å²) in [5.74, 6) is 0. The number of hydrogen-bond acceptors (Lipinski definition) is 4. The Morgan fingerprint density at radius 3 is 2.95 bits per heavy atom. The molecule has 0 amide bonds. The van der Waals surface area contributed by atoms with Gasteiger partial charge >= 0.3 is 0 Å². The Balaban J connectivity index is 1.91. The standard InChI is InChI=1S/C12H22N4O3S/c1-15-11(5-7-13-15)6-8-14-20(18,19)16-9-3-2-4-12(16)10-17/h5,7,12,14,17H,2-4,6,8-10H2,1H3. The number of aryl methyl sites for hydroxylation is 1. The first-order chi connectivity index (χ1) is 9.54. The summed E-state index contributed by atoms with van der Waals surface area (Å²) in [6.07, 6.45) is 4.81. The molecule has 0 aromatic carbocycles. The van der Waals surface area contributed by atoms with Crippen molar-refractivity contribution in [2.45, 2.75) is 31.7 Å². The number of piperidine rings is 1. The van der Waals surface area contributed by atoms with Crippen LogP contribution in [0.4, 0.5) is 0 Å². The molecule has 0 radical (unpaired) electrons. The Morgan fingerprint density at radius 1 is 1.50 bits per heavy atom. The van der Waals surface area contributed by atoms with Crippen LogP contribution in [0.25, 0.3) is 0 Å². The molecule has 1 aliphatic heterocycles. The van der Waals surface area contributed by atoms with Gasteiger partial charge in [-0.25, -0.2) is 4.72 Å². The molecule has 1 saturated heterocycles. The minimum absolute atomic E-state index is 0.122. The highest BCUT2D eigenvalue weighted by molar-refractivity contribution is 7.87. The van der Waals surface area contributed by atoms with Crippen LogP contribution in [-0.2, 0) is 23.7 Å². The number of aromatic nitrogens is 2. The van der Waals surface area contributed by atoms with Crippen LogP contribution in [0, 0.1) is 0 Å². The van der Waals surface area contributed by atoms with Crippen LogP contribution in [0.2, 0.25) is 0 Å². The van der Waals surface area contributed by atoms with E-state index in [2.05, 4.69) is 9.82 Å². The van der Waals surface area contributed by atoms with Crippen molar-refractivity contribution in [1.29, 1.82) is 0 Å². The minimum atomic E-state index is -3.52. The molecule has 2 rings (SSSR count). The lowest BCUT2D eigenvalue weighted by Crippen LogP contribution is -2.50. The Labute approximate surface area is 119 Å². The lowest BCUT2D eigenvalue weighted by Gasteiger charge is -2.33. The Kier molecular flexibility index (Phi) is 5.14. The van der Waals surface area contributed by atoms with E-state index in [1.807, 2.05) is 13.1 Å². The lowest BCUT2D eigenvalue weighted by atomic mass is 10.1. The van der Waals surface area contributed by atoms with Crippen molar-refractivity contribution in [1.82, 2.24) is 18.8 Å². The van der Waals surface area contributed by atoms with Crippen molar-refractivity contribution < 1.29 is 13.5 Å². The van der Waals surface area contributed by atoms with Crippen LogP contribution in [-0.4, -0.2) is 53.3 Å². The number of aliphatic hydroxyl groups excluding tert-OH is 1. The summed E-state index contributed by atoms with van der Waals surface area (Å²) >= 11 is 0. The number of rotatable bonds is 6. The van der Waals surface area contributed by atoms with Crippen LogP contribution in [0.15, 0.2) is 12.3 Å². The first-order valence-electron chi connectivity index (χ1n) is 6.89. The monoisotopic (exact) mass is 302 g/mol. The minimum Gasteiger partial charge on any atom is -0.395 e. The molecule has 0 spiro atoms. The van der Waals surface area contributed by atoms with Gasteiger partial charge in [0.05, 0.1) is 6.61 Å². The van der Waals surface area contributed by atoms with Gasteiger partial charge < -0.3 is 5.11 Å². The fraction of sp³-hybridized carbons (Fsp3) is 0.750. The molecule has 7 nitrogen and oxygen atoms in total. The number of hydrogen-bond donors (Lipinski definition) is 2. The molecule has 1 unspecified atom stereocenters. The Morgan fingerprint density at radius 2 is 2.30 bits per heavy atom. The summed E-state index contributed by atoms with van der Waals surface area (Å²) in [5.41, 5.74) is 0.977. The molecule has 8 heteroatoms. The predicted octanol–water partition coefficient (Wildman–Crippen LogP) is -0.356. The van der Waals surface area contributed by atoms with Crippen LogP contribution in [0.1, 0.15) is 25.0 Å². The van der Waals surface area contributed by atoms with Gasteiger partial charge in [-0.3, -0.25) is 4.68 Å². The van der Waals surface area contributed by atoms with Crippen molar-refractivity contribution in [3.05, 3.63) is 18.0 Å². The van der Waals surface area contributed by atoms with Crippen molar-refractivity contribution in [2.75, 3.05) is 19.7 Å². The number of nitrogens with one attached hydrogen (secondary N) is 1. The molecule has 1 aliphatic rings. The molecule has 1 atom stereocenters. The van der Waals surface area contributed by atoms with Crippen LogP contribution >= 0.6 is 0 Å². The topological polar surface area (TPSA) is 87.5 Å². The third-order valence-electron chi connectivity index (χ3n) is 3.68. The van der Waals surface area contributed by atoms with E-state index < -0.39 is 10.2 Å². The maximum atomic E-state index is 12.2. The maximum absolute atomic E-state index is 12.2. The molecule has 2 N–H and O–H groups in total. The van der Waals surface area contributed by atoms with Gasteiger partial charge in [0.25, 0.3) is 10.2 Å². The van der Waals surface area contributed by atoms with E-state index in [9.17, 15) is 13.5 Å². The average molecular weight is 302 g/mol. The molecule has 0 saturated carbocycles. The fourth-order valence-corrected chi connectivity index (χ4v) is 3.97. The van der Waals surface area contributed by atoms with E-state index in [1.54, 1.807) is 10.9 Å². The summed E-state index contributed by atoms with van der Waals surface area (Å²) in [6, 6.07) is 1.57. The normalized spacial score (nSPS) is 21.2. The second-order valence-corrected chi connectivity index (χ2v) is 6.75. The highest BCUT2D eigenvalue weighted by Crippen LogP contribution is 2.19. The molecule has 20 heavy (non-hydrogen) atoms.